The SMILES string of the molecule is CCOc1c(OC)cc(/C=C(/C#N)C(=O)Nc2cc(Cl)ccc2Cl)cc1OC. The van der Waals surface area contributed by atoms with Gasteiger partial charge in [0.05, 0.1) is 31.5 Å². The van der Waals surface area contributed by atoms with Crippen LogP contribution < -0.4 is 19.5 Å². The summed E-state index contributed by atoms with van der Waals surface area (Å²) in [7, 11) is 2.98. The molecule has 0 fully saturated rings. The summed E-state index contributed by atoms with van der Waals surface area (Å²) in [5.74, 6) is 0.655. The maximum Gasteiger partial charge on any atom is 0.266 e. The minimum atomic E-state index is -0.626. The van der Waals surface area contributed by atoms with Crippen molar-refractivity contribution >= 4 is 40.9 Å². The third-order valence-corrected chi connectivity index (χ3v) is 4.19. The number of halogens is 2. The molecule has 2 aromatic carbocycles. The van der Waals surface area contributed by atoms with Gasteiger partial charge in [0.25, 0.3) is 5.91 Å². The quantitative estimate of drug-likeness (QED) is 0.505. The second-order valence-corrected chi connectivity index (χ2v) is 6.28. The predicted molar refractivity (Wildman–Crippen MR) is 109 cm³/mol. The van der Waals surface area contributed by atoms with Crippen LogP contribution in [0, 0.1) is 11.3 Å². The highest BCUT2D eigenvalue weighted by atomic mass is 35.5. The van der Waals surface area contributed by atoms with Crippen LogP contribution in [0.3, 0.4) is 0 Å². The maximum absolute atomic E-state index is 12.5. The van der Waals surface area contributed by atoms with Crippen molar-refractivity contribution < 1.29 is 19.0 Å². The number of rotatable bonds is 7. The molecule has 0 spiro atoms. The molecule has 0 aliphatic carbocycles. The van der Waals surface area contributed by atoms with Gasteiger partial charge in [-0.3, -0.25) is 4.79 Å². The lowest BCUT2D eigenvalue weighted by molar-refractivity contribution is -0.112. The van der Waals surface area contributed by atoms with Crippen molar-refractivity contribution in [2.75, 3.05) is 26.1 Å². The Morgan fingerprint density at radius 1 is 1.18 bits per heavy atom. The Kier molecular flexibility index (Phi) is 7.56. The van der Waals surface area contributed by atoms with Gasteiger partial charge in [-0.25, -0.2) is 0 Å². The number of carbonyl (C=O) groups excluding carboxylic acids is 1. The number of amides is 1. The van der Waals surface area contributed by atoms with Gasteiger partial charge in [-0.1, -0.05) is 23.2 Å². The summed E-state index contributed by atoms with van der Waals surface area (Å²) in [5.41, 5.74) is 0.701. The van der Waals surface area contributed by atoms with Crippen molar-refractivity contribution in [3.05, 3.63) is 51.5 Å². The highest BCUT2D eigenvalue weighted by Gasteiger charge is 2.16. The van der Waals surface area contributed by atoms with E-state index in [1.54, 1.807) is 24.3 Å². The molecule has 8 heteroatoms. The summed E-state index contributed by atoms with van der Waals surface area (Å²) in [5, 5.41) is 12.7. The number of ether oxygens (including phenoxy) is 3. The van der Waals surface area contributed by atoms with Crippen LogP contribution in [0.2, 0.25) is 10.0 Å². The largest absolute Gasteiger partial charge is 0.493 e. The van der Waals surface area contributed by atoms with Gasteiger partial charge in [0.1, 0.15) is 11.6 Å². The Labute approximate surface area is 173 Å². The van der Waals surface area contributed by atoms with Gasteiger partial charge < -0.3 is 19.5 Å². The number of hydrogen-bond acceptors (Lipinski definition) is 5. The van der Waals surface area contributed by atoms with E-state index in [2.05, 4.69) is 5.32 Å². The lowest BCUT2D eigenvalue weighted by Crippen LogP contribution is -2.13. The molecule has 28 heavy (non-hydrogen) atoms. The van der Waals surface area contributed by atoms with Crippen molar-refractivity contribution in [3.63, 3.8) is 0 Å². The van der Waals surface area contributed by atoms with E-state index >= 15 is 0 Å². The molecule has 0 aliphatic heterocycles. The third-order valence-electron chi connectivity index (χ3n) is 3.62. The van der Waals surface area contributed by atoms with E-state index in [1.807, 2.05) is 13.0 Å². The van der Waals surface area contributed by atoms with Gasteiger partial charge in [-0.2, -0.15) is 5.26 Å². The van der Waals surface area contributed by atoms with Crippen LogP contribution in [0.5, 0.6) is 17.2 Å². The van der Waals surface area contributed by atoms with E-state index in [4.69, 9.17) is 37.4 Å². The lowest BCUT2D eigenvalue weighted by atomic mass is 10.1. The molecule has 0 aromatic heterocycles. The molecule has 146 valence electrons. The van der Waals surface area contributed by atoms with Gasteiger partial charge in [0.15, 0.2) is 11.5 Å². The van der Waals surface area contributed by atoms with E-state index in [0.717, 1.165) is 0 Å². The maximum atomic E-state index is 12.5. The molecule has 2 aromatic rings. The Morgan fingerprint density at radius 2 is 1.82 bits per heavy atom. The number of hydrogen-bond donors (Lipinski definition) is 1. The fraction of sp³-hybridized carbons (Fsp3) is 0.200. The number of nitrogens with zero attached hydrogens (tertiary/aromatic N) is 1. The summed E-state index contributed by atoms with van der Waals surface area (Å²) >= 11 is 12.0. The summed E-state index contributed by atoms with van der Waals surface area (Å²) in [6, 6.07) is 9.82. The topological polar surface area (TPSA) is 80.6 Å². The Hall–Kier alpha value is -2.88. The molecule has 0 heterocycles. The number of benzene rings is 2. The van der Waals surface area contributed by atoms with Crippen molar-refractivity contribution in [3.8, 4) is 23.3 Å². The second kappa shape index (κ2) is 9.88. The molecule has 0 saturated carbocycles. The zero-order valence-corrected chi connectivity index (χ0v) is 17.0. The normalized spacial score (nSPS) is 10.8. The highest BCUT2D eigenvalue weighted by molar-refractivity contribution is 6.36. The minimum Gasteiger partial charge on any atom is -0.493 e. The van der Waals surface area contributed by atoms with Crippen LogP contribution in [-0.2, 0) is 4.79 Å². The van der Waals surface area contributed by atoms with Crippen molar-refractivity contribution in [1.82, 2.24) is 0 Å². The van der Waals surface area contributed by atoms with Crippen LogP contribution in [0.1, 0.15) is 12.5 Å². The van der Waals surface area contributed by atoms with E-state index in [0.29, 0.717) is 45.2 Å². The fourth-order valence-corrected chi connectivity index (χ4v) is 2.71. The first-order valence-electron chi connectivity index (χ1n) is 8.20. The minimum absolute atomic E-state index is 0.135. The summed E-state index contributed by atoms with van der Waals surface area (Å²) < 4.78 is 16.2. The molecule has 1 N–H and O–H groups in total. The molecule has 6 nitrogen and oxygen atoms in total. The summed E-state index contributed by atoms with van der Waals surface area (Å²) in [6.45, 7) is 2.26. The number of anilines is 1. The monoisotopic (exact) mass is 420 g/mol. The predicted octanol–water partition coefficient (Wildman–Crippen LogP) is 4.95. The van der Waals surface area contributed by atoms with Crippen molar-refractivity contribution in [2.45, 2.75) is 6.92 Å². The Bertz CT molecular complexity index is 927. The zero-order chi connectivity index (χ0) is 20.7. The lowest BCUT2D eigenvalue weighted by Gasteiger charge is -2.14. The van der Waals surface area contributed by atoms with Crippen molar-refractivity contribution in [2.24, 2.45) is 0 Å². The standard InChI is InChI=1S/C20H18Cl2N2O4/c1-4-28-19-17(26-2)8-12(9-18(19)27-3)7-13(11-23)20(25)24-16-10-14(21)5-6-15(16)22/h5-10H,4H2,1-3H3,(H,24,25)/b13-7-. The van der Waals surface area contributed by atoms with E-state index < -0.39 is 5.91 Å². The molecule has 0 atom stereocenters. The second-order valence-electron chi connectivity index (χ2n) is 5.44. The van der Waals surface area contributed by atoms with Gasteiger partial charge >= 0.3 is 0 Å². The average Bonchev–Trinajstić information content (AvgIpc) is 2.69. The summed E-state index contributed by atoms with van der Waals surface area (Å²) in [6.07, 6.45) is 1.41. The molecule has 0 unspecified atom stereocenters. The van der Waals surface area contributed by atoms with Gasteiger partial charge in [-0.05, 0) is 48.9 Å². The van der Waals surface area contributed by atoms with E-state index in [1.165, 1.54) is 26.4 Å². The molecule has 0 radical (unpaired) electrons. The number of nitrogens with one attached hydrogen (secondary N) is 1. The first kappa shape index (κ1) is 21.4. The van der Waals surface area contributed by atoms with Crippen LogP contribution in [-0.4, -0.2) is 26.7 Å². The number of methoxy groups -OCH3 is 2. The molecular formula is C20H18Cl2N2O4. The van der Waals surface area contributed by atoms with Crippen LogP contribution in [0.15, 0.2) is 35.9 Å². The molecule has 0 aliphatic rings. The third kappa shape index (κ3) is 5.10. The molecule has 0 saturated heterocycles. The van der Waals surface area contributed by atoms with Gasteiger partial charge in [0, 0.05) is 5.02 Å². The van der Waals surface area contributed by atoms with E-state index in [-0.39, 0.29) is 5.57 Å². The first-order chi connectivity index (χ1) is 13.4. The van der Waals surface area contributed by atoms with Gasteiger partial charge in [-0.15, -0.1) is 0 Å². The zero-order valence-electron chi connectivity index (χ0n) is 15.5. The van der Waals surface area contributed by atoms with E-state index in [9.17, 15) is 10.1 Å². The smallest absolute Gasteiger partial charge is 0.266 e. The van der Waals surface area contributed by atoms with Crippen molar-refractivity contribution in [1.29, 1.82) is 5.26 Å². The number of nitriles is 1. The van der Waals surface area contributed by atoms with Crippen LogP contribution in [0.25, 0.3) is 6.08 Å². The summed E-state index contributed by atoms with van der Waals surface area (Å²) in [4.78, 5) is 12.5. The fourth-order valence-electron chi connectivity index (χ4n) is 2.37. The Morgan fingerprint density at radius 3 is 2.36 bits per heavy atom. The van der Waals surface area contributed by atoms with Crippen LogP contribution in [0.4, 0.5) is 5.69 Å². The Balaban J connectivity index is 2.39. The van der Waals surface area contributed by atoms with Gasteiger partial charge in [0.2, 0.25) is 5.75 Å². The molecule has 1 amide bonds. The average molecular weight is 421 g/mol. The highest BCUT2D eigenvalue weighted by Crippen LogP contribution is 2.39. The number of carbonyl (C=O) groups is 1. The molecule has 0 bridgehead atoms. The first-order valence-corrected chi connectivity index (χ1v) is 8.96. The van der Waals surface area contributed by atoms with Crippen LogP contribution >= 0.6 is 23.2 Å². The molecule has 2 rings (SSSR count). The molecular weight excluding hydrogens is 403 g/mol.